The summed E-state index contributed by atoms with van der Waals surface area (Å²) in [5.74, 6) is -3.77. The summed E-state index contributed by atoms with van der Waals surface area (Å²) in [5, 5.41) is 17.2. The first-order chi connectivity index (χ1) is 12.5. The van der Waals surface area contributed by atoms with E-state index in [1.54, 1.807) is 19.1 Å². The molecule has 11 heteroatoms. The van der Waals surface area contributed by atoms with Gasteiger partial charge in [0.2, 0.25) is 5.95 Å². The minimum absolute atomic E-state index is 0.0385. The lowest BCUT2D eigenvalue weighted by molar-refractivity contribution is -0.159. The van der Waals surface area contributed by atoms with Gasteiger partial charge in [-0.3, -0.25) is 4.79 Å². The van der Waals surface area contributed by atoms with Gasteiger partial charge in [-0.2, -0.15) is 18.2 Å². The van der Waals surface area contributed by atoms with E-state index in [4.69, 9.17) is 16.3 Å². The van der Waals surface area contributed by atoms with Crippen molar-refractivity contribution in [1.29, 1.82) is 0 Å². The molecule has 2 N–H and O–H groups in total. The molecule has 0 amide bonds. The molecule has 0 spiro atoms. The van der Waals surface area contributed by atoms with Crippen LogP contribution >= 0.6 is 11.6 Å². The van der Waals surface area contributed by atoms with Crippen LogP contribution in [0, 0.1) is 5.92 Å². The molecule has 3 atom stereocenters. The standard InChI is InChI=1S/C16H16ClF3N4O3/c1-3-27-12(25)10-11(8-4-6-9(17)7-5-8)24-14(22-15(10,2)26)21-13(23-24)16(18,19)20/h4-7,10-11,26H,3H2,1-2H3,(H,21,22,23)/t10-,11+,15+/m1/s1. The Bertz CT molecular complexity index is 852. The van der Waals surface area contributed by atoms with Crippen molar-refractivity contribution in [3.63, 3.8) is 0 Å². The summed E-state index contributed by atoms with van der Waals surface area (Å²) in [6, 6.07) is 5.05. The molecule has 146 valence electrons. The van der Waals surface area contributed by atoms with E-state index < -0.39 is 35.7 Å². The summed E-state index contributed by atoms with van der Waals surface area (Å²) in [6.07, 6.45) is -4.79. The van der Waals surface area contributed by atoms with Crippen molar-refractivity contribution < 1.29 is 27.8 Å². The Morgan fingerprint density at radius 1 is 1.41 bits per heavy atom. The van der Waals surface area contributed by atoms with Crippen molar-refractivity contribution in [1.82, 2.24) is 14.8 Å². The monoisotopic (exact) mass is 404 g/mol. The number of nitrogens with one attached hydrogen (secondary N) is 1. The minimum atomic E-state index is -4.79. The number of nitrogens with zero attached hydrogens (tertiary/aromatic N) is 3. The topological polar surface area (TPSA) is 89.3 Å². The third-order valence-electron chi connectivity index (χ3n) is 4.19. The number of rotatable bonds is 3. The molecule has 2 heterocycles. The molecule has 27 heavy (non-hydrogen) atoms. The molecule has 2 aromatic rings. The highest BCUT2D eigenvalue weighted by Crippen LogP contribution is 2.42. The second-order valence-corrected chi connectivity index (χ2v) is 6.64. The van der Waals surface area contributed by atoms with E-state index in [2.05, 4.69) is 15.4 Å². The van der Waals surface area contributed by atoms with Crippen LogP contribution in [-0.4, -0.2) is 38.2 Å². The van der Waals surface area contributed by atoms with Gasteiger partial charge in [0.05, 0.1) is 12.6 Å². The first kappa shape index (κ1) is 19.4. The normalized spacial score (nSPS) is 24.9. The smallest absolute Gasteiger partial charge is 0.453 e. The molecule has 1 aliphatic rings. The molecule has 0 fully saturated rings. The number of ether oxygens (including phenoxy) is 1. The molecular formula is C16H16ClF3N4O3. The van der Waals surface area contributed by atoms with Crippen LogP contribution in [0.15, 0.2) is 24.3 Å². The summed E-state index contributed by atoms with van der Waals surface area (Å²) in [4.78, 5) is 16.0. The number of halogens is 4. The number of hydrogen-bond acceptors (Lipinski definition) is 6. The van der Waals surface area contributed by atoms with E-state index in [-0.39, 0.29) is 12.6 Å². The predicted octanol–water partition coefficient (Wildman–Crippen LogP) is 2.85. The van der Waals surface area contributed by atoms with Gasteiger partial charge in [0, 0.05) is 5.02 Å². The van der Waals surface area contributed by atoms with Crippen molar-refractivity contribution >= 4 is 23.5 Å². The Morgan fingerprint density at radius 3 is 2.59 bits per heavy atom. The number of benzene rings is 1. The zero-order valence-electron chi connectivity index (χ0n) is 14.3. The van der Waals surface area contributed by atoms with Crippen LogP contribution in [0.5, 0.6) is 0 Å². The SMILES string of the molecule is CCOC(=O)[C@H]1[C@H](c2ccc(Cl)cc2)n2nc(C(F)(F)F)nc2N[C@@]1(C)O. The third-order valence-corrected chi connectivity index (χ3v) is 4.44. The second kappa shape index (κ2) is 6.68. The Hall–Kier alpha value is -2.33. The minimum Gasteiger partial charge on any atom is -0.466 e. The predicted molar refractivity (Wildman–Crippen MR) is 89.0 cm³/mol. The Labute approximate surface area is 157 Å². The molecule has 0 bridgehead atoms. The van der Waals surface area contributed by atoms with Gasteiger partial charge in [0.1, 0.15) is 5.92 Å². The molecule has 1 aliphatic heterocycles. The molecule has 0 unspecified atom stereocenters. The molecule has 3 rings (SSSR count). The van der Waals surface area contributed by atoms with Gasteiger partial charge in [0.25, 0.3) is 5.82 Å². The average molecular weight is 405 g/mol. The quantitative estimate of drug-likeness (QED) is 0.765. The van der Waals surface area contributed by atoms with Crippen LogP contribution in [0.4, 0.5) is 19.1 Å². The van der Waals surface area contributed by atoms with Crippen LogP contribution < -0.4 is 5.32 Å². The van der Waals surface area contributed by atoms with Crippen molar-refractivity contribution in [2.24, 2.45) is 5.92 Å². The summed E-state index contributed by atoms with van der Waals surface area (Å²) in [6.45, 7) is 2.89. The zero-order valence-corrected chi connectivity index (χ0v) is 15.0. The molecule has 1 aromatic heterocycles. The lowest BCUT2D eigenvalue weighted by Crippen LogP contribution is -2.55. The molecular weight excluding hydrogens is 389 g/mol. The Morgan fingerprint density at radius 2 is 2.04 bits per heavy atom. The Kier molecular flexibility index (Phi) is 4.81. The summed E-state index contributed by atoms with van der Waals surface area (Å²) in [5.41, 5.74) is -1.51. The highest BCUT2D eigenvalue weighted by Gasteiger charge is 2.52. The molecule has 0 saturated heterocycles. The number of hydrogen-bond donors (Lipinski definition) is 2. The van der Waals surface area contributed by atoms with Gasteiger partial charge < -0.3 is 15.2 Å². The number of aromatic nitrogens is 3. The van der Waals surface area contributed by atoms with Crippen LogP contribution in [-0.2, 0) is 15.7 Å². The van der Waals surface area contributed by atoms with E-state index >= 15 is 0 Å². The van der Waals surface area contributed by atoms with E-state index in [0.29, 0.717) is 10.6 Å². The summed E-state index contributed by atoms with van der Waals surface area (Å²) in [7, 11) is 0. The largest absolute Gasteiger partial charge is 0.466 e. The van der Waals surface area contributed by atoms with Gasteiger partial charge in [0.15, 0.2) is 5.72 Å². The fourth-order valence-corrected chi connectivity index (χ4v) is 3.19. The summed E-state index contributed by atoms with van der Waals surface area (Å²) < 4.78 is 45.2. The highest BCUT2D eigenvalue weighted by molar-refractivity contribution is 6.30. The molecule has 0 saturated carbocycles. The van der Waals surface area contributed by atoms with Gasteiger partial charge in [-0.15, -0.1) is 5.10 Å². The van der Waals surface area contributed by atoms with Crippen molar-refractivity contribution in [3.8, 4) is 0 Å². The van der Waals surface area contributed by atoms with Crippen molar-refractivity contribution in [2.75, 3.05) is 11.9 Å². The number of carbonyl (C=O) groups is 1. The number of esters is 1. The highest BCUT2D eigenvalue weighted by atomic mass is 35.5. The van der Waals surface area contributed by atoms with Gasteiger partial charge in [-0.05, 0) is 31.5 Å². The first-order valence-electron chi connectivity index (χ1n) is 8.01. The van der Waals surface area contributed by atoms with Gasteiger partial charge in [-0.25, -0.2) is 4.68 Å². The number of fused-ring (bicyclic) bond motifs is 1. The van der Waals surface area contributed by atoms with Crippen LogP contribution in [0.1, 0.15) is 31.3 Å². The maximum absolute atomic E-state index is 13.1. The van der Waals surface area contributed by atoms with E-state index in [1.807, 2.05) is 0 Å². The third kappa shape index (κ3) is 3.59. The maximum atomic E-state index is 13.1. The van der Waals surface area contributed by atoms with Gasteiger partial charge >= 0.3 is 12.1 Å². The van der Waals surface area contributed by atoms with Crippen LogP contribution in [0.2, 0.25) is 5.02 Å². The van der Waals surface area contributed by atoms with Crippen LogP contribution in [0.25, 0.3) is 0 Å². The van der Waals surface area contributed by atoms with Crippen molar-refractivity contribution in [3.05, 3.63) is 40.7 Å². The maximum Gasteiger partial charge on any atom is 0.453 e. The molecule has 0 radical (unpaired) electrons. The molecule has 0 aliphatic carbocycles. The second-order valence-electron chi connectivity index (χ2n) is 6.20. The summed E-state index contributed by atoms with van der Waals surface area (Å²) >= 11 is 5.88. The lowest BCUT2D eigenvalue weighted by atomic mass is 9.83. The number of carbonyl (C=O) groups excluding carboxylic acids is 1. The number of aliphatic hydroxyl groups is 1. The lowest BCUT2D eigenvalue weighted by Gasteiger charge is -2.41. The average Bonchev–Trinajstić information content (AvgIpc) is 2.97. The fraction of sp³-hybridized carbons (Fsp3) is 0.438. The molecule has 7 nitrogen and oxygen atoms in total. The first-order valence-corrected chi connectivity index (χ1v) is 8.38. The van der Waals surface area contributed by atoms with Crippen molar-refractivity contribution in [2.45, 2.75) is 31.8 Å². The Balaban J connectivity index is 2.20. The van der Waals surface area contributed by atoms with Crippen LogP contribution in [0.3, 0.4) is 0 Å². The van der Waals surface area contributed by atoms with Gasteiger partial charge in [-0.1, -0.05) is 23.7 Å². The van der Waals surface area contributed by atoms with E-state index in [0.717, 1.165) is 4.68 Å². The van der Waals surface area contributed by atoms with E-state index in [1.165, 1.54) is 19.1 Å². The zero-order chi connectivity index (χ0) is 20.0. The fourth-order valence-electron chi connectivity index (χ4n) is 3.06. The molecule has 1 aromatic carbocycles. The number of alkyl halides is 3. The van der Waals surface area contributed by atoms with E-state index in [9.17, 15) is 23.1 Å². The number of anilines is 1.